The molecule has 7 nitrogen and oxygen atoms in total. The van der Waals surface area contributed by atoms with Gasteiger partial charge in [0.05, 0.1) is 32.0 Å². The van der Waals surface area contributed by atoms with E-state index in [9.17, 15) is 13.4 Å². The van der Waals surface area contributed by atoms with Crippen LogP contribution in [0.1, 0.15) is 58.1 Å². The lowest BCUT2D eigenvalue weighted by molar-refractivity contribution is -0.130. The van der Waals surface area contributed by atoms with Gasteiger partial charge in [-0.05, 0) is 101 Å². The van der Waals surface area contributed by atoms with Crippen molar-refractivity contribution in [1.29, 1.82) is 4.78 Å². The standard InChI is InChI=1S/C31H42FN5O2S/c1-20(2)40(33,39)30-15-27(32)6-7-28(30)37-19-26(31-21(3)16-34-17-29(31)37)14-24-8-11-36(18-24)22(4)25-9-12-35(13-10-25)23(5)38/h6-7,15-17,19-20,22,24-25,33H,8-14,18H2,1-5H3/t22-,24-,40+/m0/s1. The average Bonchev–Trinajstić information content (AvgIpc) is 3.54. The molecule has 0 radical (unpaired) electrons. The number of nitrogens with one attached hydrogen (secondary N) is 1. The quantitative estimate of drug-likeness (QED) is 0.391. The summed E-state index contributed by atoms with van der Waals surface area (Å²) >= 11 is 0. The molecule has 0 bridgehead atoms. The van der Waals surface area contributed by atoms with Crippen molar-refractivity contribution < 1.29 is 13.4 Å². The van der Waals surface area contributed by atoms with Crippen LogP contribution in [0.3, 0.4) is 0 Å². The number of aromatic nitrogens is 2. The normalized spacial score (nSPS) is 21.3. The Morgan fingerprint density at radius 2 is 1.88 bits per heavy atom. The van der Waals surface area contributed by atoms with Gasteiger partial charge in [0, 0.05) is 55.6 Å². The fourth-order valence-corrected chi connectivity index (χ4v) is 7.96. The molecule has 3 atom stereocenters. The second-order valence-corrected chi connectivity index (χ2v) is 14.7. The molecule has 0 aliphatic carbocycles. The van der Waals surface area contributed by atoms with Gasteiger partial charge in [-0.15, -0.1) is 0 Å². The maximum atomic E-state index is 14.3. The molecule has 2 saturated heterocycles. The molecule has 0 spiro atoms. The fourth-order valence-electron chi connectivity index (χ4n) is 6.68. The zero-order chi connectivity index (χ0) is 28.8. The molecule has 1 aromatic carbocycles. The van der Waals surface area contributed by atoms with E-state index in [0.717, 1.165) is 68.3 Å². The molecule has 2 fully saturated rings. The van der Waals surface area contributed by atoms with Crippen LogP contribution < -0.4 is 0 Å². The molecule has 216 valence electrons. The van der Waals surface area contributed by atoms with Gasteiger partial charge in [-0.3, -0.25) is 9.78 Å². The van der Waals surface area contributed by atoms with Crippen LogP contribution in [0, 0.1) is 29.4 Å². The Bertz CT molecular complexity index is 1510. The molecular weight excluding hydrogens is 525 g/mol. The predicted molar refractivity (Wildman–Crippen MR) is 158 cm³/mol. The number of carbonyl (C=O) groups excluding carboxylic acids is 1. The summed E-state index contributed by atoms with van der Waals surface area (Å²) in [4.78, 5) is 21.0. The van der Waals surface area contributed by atoms with Crippen molar-refractivity contribution in [2.75, 3.05) is 26.2 Å². The van der Waals surface area contributed by atoms with Crippen LogP contribution in [-0.2, 0) is 20.9 Å². The number of nitrogens with zero attached hydrogens (tertiary/aromatic N) is 4. The second-order valence-electron chi connectivity index (χ2n) is 12.1. The molecule has 0 saturated carbocycles. The van der Waals surface area contributed by atoms with Crippen LogP contribution in [-0.4, -0.2) is 66.9 Å². The van der Waals surface area contributed by atoms with Gasteiger partial charge < -0.3 is 14.4 Å². The highest BCUT2D eigenvalue weighted by Gasteiger charge is 2.33. The van der Waals surface area contributed by atoms with Crippen LogP contribution in [0.5, 0.6) is 0 Å². The van der Waals surface area contributed by atoms with E-state index in [1.807, 2.05) is 21.9 Å². The predicted octanol–water partition coefficient (Wildman–Crippen LogP) is 5.80. The van der Waals surface area contributed by atoms with Gasteiger partial charge in [-0.2, -0.15) is 0 Å². The van der Waals surface area contributed by atoms with Crippen molar-refractivity contribution >= 4 is 26.5 Å². The topological polar surface area (TPSA) is 82.3 Å². The number of fused-ring (bicyclic) bond motifs is 1. The van der Waals surface area contributed by atoms with Gasteiger partial charge in [0.2, 0.25) is 5.91 Å². The molecule has 2 aliphatic heterocycles. The highest BCUT2D eigenvalue weighted by molar-refractivity contribution is 7.93. The van der Waals surface area contributed by atoms with Gasteiger partial charge in [0.1, 0.15) is 5.82 Å². The van der Waals surface area contributed by atoms with Gasteiger partial charge in [-0.1, -0.05) is 0 Å². The lowest BCUT2D eigenvalue weighted by atomic mass is 9.89. The van der Waals surface area contributed by atoms with Crippen LogP contribution in [0.15, 0.2) is 41.7 Å². The van der Waals surface area contributed by atoms with E-state index in [-0.39, 0.29) is 10.8 Å². The molecule has 3 aromatic rings. The van der Waals surface area contributed by atoms with E-state index in [4.69, 9.17) is 4.78 Å². The summed E-state index contributed by atoms with van der Waals surface area (Å²) in [5.41, 5.74) is 3.76. The number of hydrogen-bond acceptors (Lipinski definition) is 5. The second kappa shape index (κ2) is 11.2. The van der Waals surface area contributed by atoms with Gasteiger partial charge in [0.25, 0.3) is 0 Å². The Balaban J connectivity index is 1.41. The maximum absolute atomic E-state index is 14.3. The molecular formula is C31H42FN5O2S. The van der Waals surface area contributed by atoms with Gasteiger partial charge in [-0.25, -0.2) is 13.4 Å². The number of rotatable bonds is 7. The molecule has 9 heteroatoms. The van der Waals surface area contributed by atoms with E-state index in [1.54, 1.807) is 26.8 Å². The Morgan fingerprint density at radius 3 is 2.55 bits per heavy atom. The van der Waals surface area contributed by atoms with Crippen molar-refractivity contribution in [2.24, 2.45) is 11.8 Å². The highest BCUT2D eigenvalue weighted by Crippen LogP contribution is 2.35. The number of likely N-dealkylation sites (tertiary alicyclic amines) is 2. The monoisotopic (exact) mass is 567 g/mol. The van der Waals surface area contributed by atoms with Crippen molar-refractivity contribution in [2.45, 2.75) is 76.5 Å². The molecule has 1 N–H and O–H groups in total. The van der Waals surface area contributed by atoms with Crippen LogP contribution in [0.4, 0.5) is 4.39 Å². The molecule has 1 amide bonds. The third kappa shape index (κ3) is 5.42. The minimum atomic E-state index is -3.22. The summed E-state index contributed by atoms with van der Waals surface area (Å²) in [6.07, 6.45) is 9.96. The van der Waals surface area contributed by atoms with E-state index in [1.165, 1.54) is 17.7 Å². The van der Waals surface area contributed by atoms with Crippen molar-refractivity contribution in [3.8, 4) is 5.69 Å². The molecule has 40 heavy (non-hydrogen) atoms. The minimum absolute atomic E-state index is 0.180. The molecule has 0 unspecified atom stereocenters. The van der Waals surface area contributed by atoms with Gasteiger partial charge in [0.15, 0.2) is 0 Å². The number of carbonyl (C=O) groups is 1. The zero-order valence-electron chi connectivity index (χ0n) is 24.3. The first-order valence-electron chi connectivity index (χ1n) is 14.5. The number of pyridine rings is 1. The minimum Gasteiger partial charge on any atom is -0.343 e. The summed E-state index contributed by atoms with van der Waals surface area (Å²) in [6.45, 7) is 13.4. The first-order valence-corrected chi connectivity index (χ1v) is 16.1. The average molecular weight is 568 g/mol. The molecule has 2 aliphatic rings. The zero-order valence-corrected chi connectivity index (χ0v) is 25.1. The number of halogens is 1. The Labute approximate surface area is 237 Å². The Morgan fingerprint density at radius 1 is 1.15 bits per heavy atom. The molecule has 4 heterocycles. The fraction of sp³-hybridized carbons (Fsp3) is 0.548. The Kier molecular flexibility index (Phi) is 8.08. The van der Waals surface area contributed by atoms with Crippen LogP contribution in [0.2, 0.25) is 0 Å². The van der Waals surface area contributed by atoms with Crippen molar-refractivity contribution in [3.05, 3.63) is 53.7 Å². The number of aryl methyl sites for hydroxylation is 1. The number of benzene rings is 1. The summed E-state index contributed by atoms with van der Waals surface area (Å²) in [7, 11) is -3.22. The smallest absolute Gasteiger partial charge is 0.219 e. The van der Waals surface area contributed by atoms with E-state index < -0.39 is 20.8 Å². The van der Waals surface area contributed by atoms with Crippen molar-refractivity contribution in [1.82, 2.24) is 19.4 Å². The molecule has 2 aromatic heterocycles. The molecule has 5 rings (SSSR count). The number of piperidine rings is 1. The SMILES string of the molecule is CC(=O)N1CCC([C@H](C)N2CC[C@@H](Cc3cn(-c4ccc(F)cc4[S@](=N)(=O)C(C)C)c4cncc(C)c34)C2)CC1. The van der Waals surface area contributed by atoms with Crippen LogP contribution in [0.25, 0.3) is 16.6 Å². The first kappa shape index (κ1) is 28.7. The third-order valence-electron chi connectivity index (χ3n) is 9.22. The van der Waals surface area contributed by atoms with E-state index in [2.05, 4.69) is 29.9 Å². The van der Waals surface area contributed by atoms with Gasteiger partial charge >= 0.3 is 0 Å². The summed E-state index contributed by atoms with van der Waals surface area (Å²) in [5.74, 6) is 0.814. The Hall–Kier alpha value is -2.78. The number of hydrogen-bond donors (Lipinski definition) is 1. The van der Waals surface area contributed by atoms with E-state index in [0.29, 0.717) is 23.6 Å². The summed E-state index contributed by atoms with van der Waals surface area (Å²) < 4.78 is 38.4. The van der Waals surface area contributed by atoms with Crippen molar-refractivity contribution in [3.63, 3.8) is 0 Å². The summed E-state index contributed by atoms with van der Waals surface area (Å²) in [6, 6.07) is 4.77. The van der Waals surface area contributed by atoms with E-state index >= 15 is 0 Å². The number of amides is 1. The highest BCUT2D eigenvalue weighted by atomic mass is 32.2. The summed E-state index contributed by atoms with van der Waals surface area (Å²) in [5, 5.41) is 0.685. The lowest BCUT2D eigenvalue weighted by Crippen LogP contribution is -2.44. The lowest BCUT2D eigenvalue weighted by Gasteiger charge is -2.38. The van der Waals surface area contributed by atoms with Crippen LogP contribution >= 0.6 is 0 Å². The maximum Gasteiger partial charge on any atom is 0.219 e. The third-order valence-corrected chi connectivity index (χ3v) is 11.5. The first-order chi connectivity index (χ1) is 19.0. The largest absolute Gasteiger partial charge is 0.343 e.